The van der Waals surface area contributed by atoms with Crippen LogP contribution in [0.4, 0.5) is 0 Å². The van der Waals surface area contributed by atoms with Crippen LogP contribution in [0.5, 0.6) is 5.75 Å². The molecule has 0 spiro atoms. The summed E-state index contributed by atoms with van der Waals surface area (Å²) in [7, 11) is 0. The van der Waals surface area contributed by atoms with Gasteiger partial charge in [0, 0.05) is 12.5 Å². The predicted molar refractivity (Wildman–Crippen MR) is 70.5 cm³/mol. The second-order valence-electron chi connectivity index (χ2n) is 5.72. The topological polar surface area (TPSA) is 26.3 Å². The molecule has 0 saturated carbocycles. The summed E-state index contributed by atoms with van der Waals surface area (Å²) in [5, 5.41) is 0. The first-order chi connectivity index (χ1) is 7.73. The van der Waals surface area contributed by atoms with E-state index in [1.54, 1.807) is 0 Å². The lowest BCUT2D eigenvalue weighted by atomic mass is 9.84. The standard InChI is InChI=1S/C15H22O2/c1-10(2)12-8-7-9-13(15(4,5)6)14(12)17-11(3)16/h7-10H,1-6H3. The molecule has 1 rings (SSSR count). The fourth-order valence-corrected chi connectivity index (χ4v) is 1.86. The van der Waals surface area contributed by atoms with Crippen molar-refractivity contribution >= 4 is 5.97 Å². The zero-order valence-corrected chi connectivity index (χ0v) is 11.6. The van der Waals surface area contributed by atoms with Crippen molar-refractivity contribution in [3.05, 3.63) is 29.3 Å². The molecule has 0 aliphatic rings. The van der Waals surface area contributed by atoms with E-state index in [2.05, 4.69) is 34.6 Å². The van der Waals surface area contributed by atoms with E-state index in [-0.39, 0.29) is 11.4 Å². The first kappa shape index (κ1) is 13.8. The highest BCUT2D eigenvalue weighted by molar-refractivity contribution is 5.71. The Morgan fingerprint density at radius 2 is 1.82 bits per heavy atom. The Morgan fingerprint density at radius 1 is 1.24 bits per heavy atom. The van der Waals surface area contributed by atoms with Gasteiger partial charge >= 0.3 is 5.97 Å². The van der Waals surface area contributed by atoms with Crippen molar-refractivity contribution < 1.29 is 9.53 Å². The fraction of sp³-hybridized carbons (Fsp3) is 0.533. The third-order valence-electron chi connectivity index (χ3n) is 2.72. The first-order valence-corrected chi connectivity index (χ1v) is 6.05. The van der Waals surface area contributed by atoms with Crippen LogP contribution in [0.3, 0.4) is 0 Å². The van der Waals surface area contributed by atoms with E-state index in [4.69, 9.17) is 4.74 Å². The van der Waals surface area contributed by atoms with E-state index in [0.717, 1.165) is 16.9 Å². The number of rotatable bonds is 2. The number of ether oxygens (including phenoxy) is 1. The molecule has 0 aliphatic carbocycles. The van der Waals surface area contributed by atoms with E-state index in [1.165, 1.54) is 6.92 Å². The average molecular weight is 234 g/mol. The summed E-state index contributed by atoms with van der Waals surface area (Å²) < 4.78 is 5.43. The number of carbonyl (C=O) groups is 1. The smallest absolute Gasteiger partial charge is 0.308 e. The minimum absolute atomic E-state index is 0.0321. The molecular formula is C15H22O2. The molecule has 0 saturated heterocycles. The van der Waals surface area contributed by atoms with Crippen molar-refractivity contribution in [1.82, 2.24) is 0 Å². The Labute approximate surface area is 104 Å². The predicted octanol–water partition coefficient (Wildman–Crippen LogP) is 4.03. The molecule has 17 heavy (non-hydrogen) atoms. The molecule has 0 aromatic heterocycles. The lowest BCUT2D eigenvalue weighted by molar-refractivity contribution is -0.132. The molecule has 2 nitrogen and oxygen atoms in total. The van der Waals surface area contributed by atoms with E-state index in [9.17, 15) is 4.79 Å². The first-order valence-electron chi connectivity index (χ1n) is 6.05. The summed E-state index contributed by atoms with van der Waals surface area (Å²) in [4.78, 5) is 11.2. The molecular weight excluding hydrogens is 212 g/mol. The Balaban J connectivity index is 3.39. The summed E-state index contributed by atoms with van der Waals surface area (Å²) >= 11 is 0. The highest BCUT2D eigenvalue weighted by Crippen LogP contribution is 2.37. The van der Waals surface area contributed by atoms with Crippen LogP contribution in [-0.4, -0.2) is 5.97 Å². The molecule has 0 aliphatic heterocycles. The molecule has 0 amide bonds. The number of hydrogen-bond donors (Lipinski definition) is 0. The maximum Gasteiger partial charge on any atom is 0.308 e. The van der Waals surface area contributed by atoms with Gasteiger partial charge in [-0.25, -0.2) is 0 Å². The van der Waals surface area contributed by atoms with Gasteiger partial charge in [0.05, 0.1) is 0 Å². The summed E-state index contributed by atoms with van der Waals surface area (Å²) in [5.41, 5.74) is 2.14. The molecule has 0 fully saturated rings. The minimum atomic E-state index is -0.261. The van der Waals surface area contributed by atoms with Crippen LogP contribution in [0.25, 0.3) is 0 Å². The molecule has 1 aromatic rings. The van der Waals surface area contributed by atoms with Crippen LogP contribution in [0.1, 0.15) is 58.6 Å². The lowest BCUT2D eigenvalue weighted by Crippen LogP contribution is -2.16. The second kappa shape index (κ2) is 4.91. The molecule has 2 heteroatoms. The lowest BCUT2D eigenvalue weighted by Gasteiger charge is -2.25. The maximum absolute atomic E-state index is 11.2. The van der Waals surface area contributed by atoms with Gasteiger partial charge < -0.3 is 4.74 Å². The van der Waals surface area contributed by atoms with E-state index >= 15 is 0 Å². The number of esters is 1. The van der Waals surface area contributed by atoms with E-state index in [1.807, 2.05) is 18.2 Å². The number of hydrogen-bond acceptors (Lipinski definition) is 2. The second-order valence-corrected chi connectivity index (χ2v) is 5.72. The van der Waals surface area contributed by atoms with Gasteiger partial charge in [0.15, 0.2) is 0 Å². The van der Waals surface area contributed by atoms with Crippen LogP contribution < -0.4 is 4.74 Å². The van der Waals surface area contributed by atoms with E-state index < -0.39 is 0 Å². The molecule has 0 radical (unpaired) electrons. The van der Waals surface area contributed by atoms with Gasteiger partial charge in [-0.1, -0.05) is 52.8 Å². The molecule has 0 atom stereocenters. The van der Waals surface area contributed by atoms with Gasteiger partial charge in [-0.05, 0) is 16.9 Å². The zero-order valence-electron chi connectivity index (χ0n) is 11.6. The van der Waals surface area contributed by atoms with Gasteiger partial charge in [-0.15, -0.1) is 0 Å². The summed E-state index contributed by atoms with van der Waals surface area (Å²) in [6.45, 7) is 12.0. The summed E-state index contributed by atoms with van der Waals surface area (Å²) in [6.07, 6.45) is 0. The SMILES string of the molecule is CC(=O)Oc1c(C(C)C)cccc1C(C)(C)C. The van der Waals surface area contributed by atoms with Gasteiger partial charge in [0.25, 0.3) is 0 Å². The molecule has 1 aromatic carbocycles. The van der Waals surface area contributed by atoms with Crippen LogP contribution in [0.15, 0.2) is 18.2 Å². The molecule has 0 N–H and O–H groups in total. The molecule has 94 valence electrons. The molecule has 0 heterocycles. The third-order valence-corrected chi connectivity index (χ3v) is 2.72. The third kappa shape index (κ3) is 3.32. The van der Waals surface area contributed by atoms with Gasteiger partial charge in [0.1, 0.15) is 5.75 Å². The van der Waals surface area contributed by atoms with Gasteiger partial charge in [0.2, 0.25) is 0 Å². The maximum atomic E-state index is 11.2. The van der Waals surface area contributed by atoms with Crippen molar-refractivity contribution in [2.75, 3.05) is 0 Å². The Morgan fingerprint density at radius 3 is 2.24 bits per heavy atom. The van der Waals surface area contributed by atoms with Crippen molar-refractivity contribution in [1.29, 1.82) is 0 Å². The fourth-order valence-electron chi connectivity index (χ4n) is 1.86. The molecule has 0 unspecified atom stereocenters. The van der Waals surface area contributed by atoms with E-state index in [0.29, 0.717) is 5.92 Å². The quantitative estimate of drug-likeness (QED) is 0.570. The van der Waals surface area contributed by atoms with Crippen LogP contribution >= 0.6 is 0 Å². The summed E-state index contributed by atoms with van der Waals surface area (Å²) in [5.74, 6) is 0.817. The van der Waals surface area contributed by atoms with Crippen molar-refractivity contribution in [3.8, 4) is 5.75 Å². The Kier molecular flexibility index (Phi) is 3.97. The normalized spacial score (nSPS) is 11.7. The molecule has 0 bridgehead atoms. The minimum Gasteiger partial charge on any atom is -0.426 e. The monoisotopic (exact) mass is 234 g/mol. The summed E-state index contributed by atoms with van der Waals surface area (Å²) in [6, 6.07) is 6.09. The largest absolute Gasteiger partial charge is 0.426 e. The highest BCUT2D eigenvalue weighted by atomic mass is 16.5. The van der Waals surface area contributed by atoms with Gasteiger partial charge in [-0.2, -0.15) is 0 Å². The number of benzene rings is 1. The van der Waals surface area contributed by atoms with Crippen LogP contribution in [-0.2, 0) is 10.2 Å². The zero-order chi connectivity index (χ0) is 13.2. The highest BCUT2D eigenvalue weighted by Gasteiger charge is 2.23. The van der Waals surface area contributed by atoms with Crippen molar-refractivity contribution in [3.63, 3.8) is 0 Å². The van der Waals surface area contributed by atoms with Crippen molar-refractivity contribution in [2.24, 2.45) is 0 Å². The Bertz CT molecular complexity index is 411. The van der Waals surface area contributed by atoms with Gasteiger partial charge in [-0.3, -0.25) is 4.79 Å². The van der Waals surface area contributed by atoms with Crippen LogP contribution in [0.2, 0.25) is 0 Å². The van der Waals surface area contributed by atoms with Crippen LogP contribution in [0, 0.1) is 0 Å². The Hall–Kier alpha value is -1.31. The number of carbonyl (C=O) groups excluding carboxylic acids is 1. The van der Waals surface area contributed by atoms with Crippen molar-refractivity contribution in [2.45, 2.75) is 52.9 Å². The average Bonchev–Trinajstić information content (AvgIpc) is 2.14. The number of para-hydroxylation sites is 1.